The predicted octanol–water partition coefficient (Wildman–Crippen LogP) is 8.75. The summed E-state index contributed by atoms with van der Waals surface area (Å²) in [5.74, 6) is -0.714. The first-order valence-electron chi connectivity index (χ1n) is 23.6. The number of rotatable bonds is 18. The highest BCUT2D eigenvalue weighted by Gasteiger charge is 2.51. The Morgan fingerprint density at radius 2 is 1.52 bits per heavy atom. The van der Waals surface area contributed by atoms with E-state index >= 15 is 0 Å². The maximum absolute atomic E-state index is 14.0. The van der Waals surface area contributed by atoms with E-state index < -0.39 is 46.6 Å². The number of aryl methyl sites for hydroxylation is 1. The number of carbonyl (C=O) groups is 4. The molecular formula is C53H61F3N8O6S. The molecule has 18 heteroatoms. The van der Waals surface area contributed by atoms with E-state index in [0.717, 1.165) is 38.9 Å². The van der Waals surface area contributed by atoms with Crippen LogP contribution < -0.4 is 30.5 Å². The molecule has 0 spiro atoms. The number of nitrogens with one attached hydrogen (secondary N) is 3. The molecule has 2 aliphatic rings. The summed E-state index contributed by atoms with van der Waals surface area (Å²) in [6, 6.07) is 25.1. The zero-order chi connectivity index (χ0) is 51.3. The summed E-state index contributed by atoms with van der Waals surface area (Å²) in [6.07, 6.45) is 1.43. The third-order valence-electron chi connectivity index (χ3n) is 12.8. The van der Waals surface area contributed by atoms with Gasteiger partial charge in [0, 0.05) is 45.2 Å². The van der Waals surface area contributed by atoms with Crippen LogP contribution in [0.1, 0.15) is 71.4 Å². The normalized spacial score (nSPS) is 16.3. The molecule has 2 fully saturated rings. The number of likely N-dealkylation sites (tertiary alicyclic amines) is 1. The Morgan fingerprint density at radius 3 is 2.14 bits per heavy atom. The van der Waals surface area contributed by atoms with Gasteiger partial charge in [0.1, 0.15) is 30.0 Å². The van der Waals surface area contributed by atoms with E-state index in [1.807, 2.05) is 105 Å². The highest BCUT2D eigenvalue weighted by molar-refractivity contribution is 7.81. The molecule has 0 unspecified atom stereocenters. The minimum atomic E-state index is -4.64. The maximum Gasteiger partial charge on any atom is 0.418 e. The van der Waals surface area contributed by atoms with E-state index in [0.29, 0.717) is 63.4 Å². The molecule has 0 aliphatic carbocycles. The lowest BCUT2D eigenvalue weighted by atomic mass is 9.85. The number of imidazole rings is 1. The molecule has 2 atom stereocenters. The number of benzene rings is 4. The second-order valence-electron chi connectivity index (χ2n) is 19.3. The lowest BCUT2D eigenvalue weighted by molar-refractivity contribution is -0.144. The first-order valence-corrected chi connectivity index (χ1v) is 24.0. The van der Waals surface area contributed by atoms with Crippen molar-refractivity contribution in [3.8, 4) is 28.1 Å². The van der Waals surface area contributed by atoms with Crippen molar-refractivity contribution in [2.24, 2.45) is 12.5 Å². The second-order valence-corrected chi connectivity index (χ2v) is 19.7. The van der Waals surface area contributed by atoms with E-state index in [1.54, 1.807) is 36.2 Å². The first-order chi connectivity index (χ1) is 33.7. The lowest BCUT2D eigenvalue weighted by Crippen LogP contribution is -2.58. The molecule has 71 heavy (non-hydrogen) atoms. The van der Waals surface area contributed by atoms with Crippen LogP contribution in [0.15, 0.2) is 104 Å². The molecule has 0 bridgehead atoms. The molecule has 7 rings (SSSR count). The number of unbranched alkanes of at least 4 members (excludes halogenated alkanes) is 1. The van der Waals surface area contributed by atoms with Crippen LogP contribution in [-0.4, -0.2) is 94.2 Å². The zero-order valence-corrected chi connectivity index (χ0v) is 41.9. The molecule has 5 aromatic rings. The van der Waals surface area contributed by atoms with Crippen LogP contribution in [0.2, 0.25) is 0 Å². The summed E-state index contributed by atoms with van der Waals surface area (Å²) in [5, 5.41) is 8.51. The summed E-state index contributed by atoms with van der Waals surface area (Å²) in [6.45, 7) is 10.3. The van der Waals surface area contributed by atoms with Crippen molar-refractivity contribution in [3.05, 3.63) is 115 Å². The van der Waals surface area contributed by atoms with E-state index in [-0.39, 0.29) is 34.9 Å². The summed E-state index contributed by atoms with van der Waals surface area (Å²) in [5.41, 5.74) is 2.58. The van der Waals surface area contributed by atoms with Crippen LogP contribution in [-0.2, 0) is 43.7 Å². The molecule has 4 amide bonds. The number of ether oxygens (including phenoxy) is 2. The van der Waals surface area contributed by atoms with Gasteiger partial charge in [0.2, 0.25) is 17.7 Å². The summed E-state index contributed by atoms with van der Waals surface area (Å²) in [4.78, 5) is 62.7. The Labute approximate surface area is 417 Å². The number of amides is 4. The largest absolute Gasteiger partial charge is 0.494 e. The average molecular weight is 995 g/mol. The Morgan fingerprint density at radius 1 is 0.887 bits per heavy atom. The van der Waals surface area contributed by atoms with Gasteiger partial charge in [0.05, 0.1) is 36.1 Å². The number of carbonyl (C=O) groups excluding carboxylic acids is 4. The van der Waals surface area contributed by atoms with Gasteiger partial charge >= 0.3 is 6.18 Å². The number of halogens is 3. The van der Waals surface area contributed by atoms with Crippen molar-refractivity contribution in [1.29, 1.82) is 0 Å². The molecule has 0 radical (unpaired) electrons. The van der Waals surface area contributed by atoms with Crippen molar-refractivity contribution in [2.45, 2.75) is 90.6 Å². The molecule has 4 aromatic carbocycles. The van der Waals surface area contributed by atoms with Crippen LogP contribution >= 0.6 is 12.2 Å². The highest BCUT2D eigenvalue weighted by atomic mass is 32.1. The quantitative estimate of drug-likeness (QED) is 0.0575. The SMILES string of the molecule is CNc1ccc(N2C(=O)C(C)(C)N(c3ccc(-c4ccc(OCCCCOCC(=O)N[C@H](C(=O)N5CCC[C@H]5C(=O)NCc5ccc(-c6cncn6C)cc5)C(C)(C)C)cc4)cc3)C2=S)cc1C(F)(F)F. The number of thiocarbonyl (C=S) groups is 1. The minimum Gasteiger partial charge on any atom is -0.494 e. The van der Waals surface area contributed by atoms with Crippen LogP contribution in [0.3, 0.4) is 0 Å². The summed E-state index contributed by atoms with van der Waals surface area (Å²) in [7, 11) is 3.33. The van der Waals surface area contributed by atoms with Crippen LogP contribution in [0.25, 0.3) is 22.4 Å². The molecule has 2 aliphatic heterocycles. The molecule has 3 N–H and O–H groups in total. The number of hydrogen-bond donors (Lipinski definition) is 3. The van der Waals surface area contributed by atoms with Crippen molar-refractivity contribution in [1.82, 2.24) is 25.1 Å². The monoisotopic (exact) mass is 994 g/mol. The second kappa shape index (κ2) is 21.7. The van der Waals surface area contributed by atoms with E-state index in [2.05, 4.69) is 20.9 Å². The molecule has 376 valence electrons. The van der Waals surface area contributed by atoms with Gasteiger partial charge in [-0.25, -0.2) is 4.98 Å². The van der Waals surface area contributed by atoms with Gasteiger partial charge in [0.25, 0.3) is 5.91 Å². The summed E-state index contributed by atoms with van der Waals surface area (Å²) >= 11 is 5.72. The van der Waals surface area contributed by atoms with Crippen molar-refractivity contribution < 1.29 is 41.8 Å². The van der Waals surface area contributed by atoms with Crippen LogP contribution in [0.4, 0.5) is 30.2 Å². The predicted molar refractivity (Wildman–Crippen MR) is 272 cm³/mol. The Bertz CT molecular complexity index is 2720. The van der Waals surface area contributed by atoms with E-state index in [4.69, 9.17) is 21.7 Å². The van der Waals surface area contributed by atoms with Crippen molar-refractivity contribution >= 4 is 58.0 Å². The van der Waals surface area contributed by atoms with Crippen LogP contribution in [0.5, 0.6) is 5.75 Å². The third kappa shape index (κ3) is 11.9. The van der Waals surface area contributed by atoms with Crippen molar-refractivity contribution in [2.75, 3.05) is 48.5 Å². The average Bonchev–Trinajstić information content (AvgIpc) is 4.05. The smallest absolute Gasteiger partial charge is 0.418 e. The number of aromatic nitrogens is 2. The third-order valence-corrected chi connectivity index (χ3v) is 13.2. The highest BCUT2D eigenvalue weighted by Crippen LogP contribution is 2.41. The number of anilines is 3. The minimum absolute atomic E-state index is 0.0311. The standard InChI is InChI=1S/C53H61F3N8O6S/c1-51(2,3)46(48(67)62-26-10-11-43(62)47(66)59-30-34-12-14-37(15-13-34)44-31-58-33-61(44)7)60-45(65)32-69-27-8-9-28-70-40-23-18-36(19-24-40)35-16-20-38(21-17-35)64-50(71)63(49(68)52(64,4)5)39-22-25-42(57-6)41(29-39)53(54,55)56/h12-25,29,31,33,43,46,57H,8-11,26-28,30,32H2,1-7H3,(H,59,66)(H,60,65)/t43-,46+/m0/s1. The number of alkyl halides is 3. The fraction of sp³-hybridized carbons (Fsp3) is 0.396. The lowest BCUT2D eigenvalue weighted by Gasteiger charge is -2.35. The van der Waals surface area contributed by atoms with Gasteiger partial charge < -0.3 is 39.8 Å². The van der Waals surface area contributed by atoms with Gasteiger partial charge in [-0.05, 0) is 122 Å². The van der Waals surface area contributed by atoms with Gasteiger partial charge in [0.15, 0.2) is 5.11 Å². The number of nitrogens with zero attached hydrogens (tertiary/aromatic N) is 5. The molecule has 0 saturated carbocycles. The maximum atomic E-state index is 14.0. The fourth-order valence-electron chi connectivity index (χ4n) is 8.84. The molecule has 2 saturated heterocycles. The van der Waals surface area contributed by atoms with Crippen LogP contribution in [0, 0.1) is 5.41 Å². The van der Waals surface area contributed by atoms with Gasteiger partial charge in [-0.2, -0.15) is 13.2 Å². The van der Waals surface area contributed by atoms with Gasteiger partial charge in [-0.1, -0.05) is 69.3 Å². The molecular weight excluding hydrogens is 934 g/mol. The van der Waals surface area contributed by atoms with E-state index in [9.17, 15) is 32.3 Å². The van der Waals surface area contributed by atoms with E-state index in [1.165, 1.54) is 19.2 Å². The van der Waals surface area contributed by atoms with Gasteiger partial charge in [-0.15, -0.1) is 0 Å². The van der Waals surface area contributed by atoms with Crippen molar-refractivity contribution in [3.63, 3.8) is 0 Å². The summed E-state index contributed by atoms with van der Waals surface area (Å²) < 4.78 is 55.2. The van der Waals surface area contributed by atoms with Gasteiger partial charge in [-0.3, -0.25) is 24.1 Å². The Kier molecular flexibility index (Phi) is 15.9. The number of hydrogen-bond acceptors (Lipinski definition) is 9. The molecule has 14 nitrogen and oxygen atoms in total. The Balaban J connectivity index is 0.832. The molecule has 3 heterocycles. The zero-order valence-electron chi connectivity index (χ0n) is 41.1. The topological polar surface area (TPSA) is 150 Å². The molecule has 1 aromatic heterocycles. The Hall–Kier alpha value is -6.79. The first kappa shape index (κ1) is 52.0. The fourth-order valence-corrected chi connectivity index (χ4v) is 9.37.